The highest BCUT2D eigenvalue weighted by atomic mass is 32.1. The van der Waals surface area contributed by atoms with Crippen LogP contribution < -0.4 is 10.6 Å². The molecular formula is C16H23N5O2S. The maximum absolute atomic E-state index is 12.1. The van der Waals surface area contributed by atoms with Gasteiger partial charge < -0.3 is 10.2 Å². The maximum atomic E-state index is 12.1. The lowest BCUT2D eigenvalue weighted by atomic mass is 9.90. The molecule has 3 fully saturated rings. The molecule has 0 radical (unpaired) electrons. The molecule has 8 heteroatoms. The van der Waals surface area contributed by atoms with Gasteiger partial charge in [0.05, 0.1) is 6.04 Å². The van der Waals surface area contributed by atoms with Crippen molar-refractivity contribution < 1.29 is 9.59 Å². The number of hydrogen-bond acceptors (Lipinski definition) is 5. The first-order valence-electron chi connectivity index (χ1n) is 8.89. The Morgan fingerprint density at radius 3 is 2.67 bits per heavy atom. The molecule has 0 bridgehead atoms. The number of aromatic nitrogens is 2. The smallest absolute Gasteiger partial charge is 0.321 e. The van der Waals surface area contributed by atoms with Crippen LogP contribution in [0.2, 0.25) is 0 Å². The third-order valence-electron chi connectivity index (χ3n) is 5.10. The molecule has 1 saturated heterocycles. The normalized spacial score (nSPS) is 25.1. The summed E-state index contributed by atoms with van der Waals surface area (Å²) in [6.07, 6.45) is 8.73. The molecule has 7 nitrogen and oxygen atoms in total. The summed E-state index contributed by atoms with van der Waals surface area (Å²) in [5.41, 5.74) is 0. The Hall–Kier alpha value is -1.70. The second kappa shape index (κ2) is 6.66. The monoisotopic (exact) mass is 349 g/mol. The van der Waals surface area contributed by atoms with Gasteiger partial charge in [0.15, 0.2) is 0 Å². The van der Waals surface area contributed by atoms with E-state index in [9.17, 15) is 9.59 Å². The molecule has 4 rings (SSSR count). The van der Waals surface area contributed by atoms with E-state index >= 15 is 0 Å². The fourth-order valence-corrected chi connectivity index (χ4v) is 4.59. The van der Waals surface area contributed by atoms with Crippen molar-refractivity contribution in [3.8, 4) is 0 Å². The summed E-state index contributed by atoms with van der Waals surface area (Å²) in [4.78, 5) is 26.0. The molecule has 3 aliphatic rings. The average Bonchev–Trinajstić information content (AvgIpc) is 3.21. The van der Waals surface area contributed by atoms with Gasteiger partial charge in [-0.3, -0.25) is 10.1 Å². The minimum absolute atomic E-state index is 0.108. The number of carbonyl (C=O) groups excluding carboxylic acids is 2. The predicted octanol–water partition coefficient (Wildman–Crippen LogP) is 2.47. The van der Waals surface area contributed by atoms with Crippen LogP contribution in [0.1, 0.15) is 62.3 Å². The van der Waals surface area contributed by atoms with Gasteiger partial charge in [0.25, 0.3) is 0 Å². The molecule has 0 aromatic carbocycles. The number of nitrogens with one attached hydrogen (secondary N) is 2. The Morgan fingerprint density at radius 2 is 1.92 bits per heavy atom. The van der Waals surface area contributed by atoms with E-state index in [2.05, 4.69) is 20.8 Å². The van der Waals surface area contributed by atoms with Gasteiger partial charge in [0, 0.05) is 24.9 Å². The zero-order valence-corrected chi connectivity index (χ0v) is 14.5. The Bertz CT molecular complexity index is 624. The molecule has 2 saturated carbocycles. The van der Waals surface area contributed by atoms with Crippen LogP contribution in [-0.2, 0) is 4.79 Å². The zero-order chi connectivity index (χ0) is 16.5. The number of amides is 3. The second-order valence-electron chi connectivity index (χ2n) is 7.06. The molecule has 2 N–H and O–H groups in total. The highest BCUT2D eigenvalue weighted by Gasteiger charge is 2.39. The molecule has 0 unspecified atom stereocenters. The van der Waals surface area contributed by atoms with Crippen LogP contribution in [-0.4, -0.2) is 45.7 Å². The first-order valence-corrected chi connectivity index (χ1v) is 9.71. The fraction of sp³-hybridized carbons (Fsp3) is 0.750. The Kier molecular flexibility index (Phi) is 4.39. The van der Waals surface area contributed by atoms with Gasteiger partial charge >= 0.3 is 6.03 Å². The fourth-order valence-electron chi connectivity index (χ4n) is 3.69. The summed E-state index contributed by atoms with van der Waals surface area (Å²) in [5.74, 6) is 0.646. The number of rotatable bonds is 4. The van der Waals surface area contributed by atoms with Gasteiger partial charge in [-0.2, -0.15) is 0 Å². The van der Waals surface area contributed by atoms with Crippen LogP contribution in [0.4, 0.5) is 9.93 Å². The van der Waals surface area contributed by atoms with E-state index in [1.165, 1.54) is 43.4 Å². The summed E-state index contributed by atoms with van der Waals surface area (Å²) in [6.45, 7) is 0.625. The topological polar surface area (TPSA) is 87.2 Å². The van der Waals surface area contributed by atoms with Gasteiger partial charge in [-0.25, -0.2) is 4.79 Å². The molecule has 1 aromatic heterocycles. The number of urea groups is 1. The molecular weight excluding hydrogens is 326 g/mol. The number of carbonyl (C=O) groups is 2. The van der Waals surface area contributed by atoms with Gasteiger partial charge in [0.1, 0.15) is 5.01 Å². The van der Waals surface area contributed by atoms with Crippen LogP contribution in [0.25, 0.3) is 0 Å². The van der Waals surface area contributed by atoms with Gasteiger partial charge in [0.2, 0.25) is 11.0 Å². The summed E-state index contributed by atoms with van der Waals surface area (Å²) < 4.78 is 0. The van der Waals surface area contributed by atoms with Crippen molar-refractivity contribution in [1.82, 2.24) is 20.4 Å². The van der Waals surface area contributed by atoms with Crippen LogP contribution in [0.3, 0.4) is 0 Å². The average molecular weight is 349 g/mol. The van der Waals surface area contributed by atoms with Crippen molar-refractivity contribution in [2.45, 2.75) is 69.4 Å². The first-order chi connectivity index (χ1) is 11.7. The lowest BCUT2D eigenvalue weighted by Gasteiger charge is -2.18. The second-order valence-corrected chi connectivity index (χ2v) is 8.07. The van der Waals surface area contributed by atoms with Crippen LogP contribution in [0.15, 0.2) is 0 Å². The van der Waals surface area contributed by atoms with Gasteiger partial charge in [-0.05, 0) is 25.7 Å². The molecule has 24 heavy (non-hydrogen) atoms. The molecule has 2 aliphatic carbocycles. The van der Waals surface area contributed by atoms with Crippen molar-refractivity contribution in [3.05, 3.63) is 5.01 Å². The molecule has 130 valence electrons. The number of anilines is 1. The van der Waals surface area contributed by atoms with E-state index in [4.69, 9.17) is 0 Å². The highest BCUT2D eigenvalue weighted by molar-refractivity contribution is 7.15. The van der Waals surface area contributed by atoms with Crippen LogP contribution in [0, 0.1) is 0 Å². The molecule has 3 amide bonds. The van der Waals surface area contributed by atoms with Gasteiger partial charge in [-0.15, -0.1) is 10.2 Å². The number of hydrogen-bond donors (Lipinski definition) is 2. The molecule has 1 aromatic rings. The summed E-state index contributed by atoms with van der Waals surface area (Å²) in [6, 6.07) is 0.00852. The van der Waals surface area contributed by atoms with Crippen molar-refractivity contribution in [2.75, 3.05) is 11.9 Å². The summed E-state index contributed by atoms with van der Waals surface area (Å²) >= 11 is 1.47. The predicted molar refractivity (Wildman–Crippen MR) is 91.0 cm³/mol. The summed E-state index contributed by atoms with van der Waals surface area (Å²) in [7, 11) is 0. The largest absolute Gasteiger partial charge is 0.338 e. The van der Waals surface area contributed by atoms with E-state index in [0.29, 0.717) is 30.1 Å². The third kappa shape index (κ3) is 3.53. The Balaban J connectivity index is 1.28. The van der Waals surface area contributed by atoms with E-state index in [1.807, 2.05) is 4.90 Å². The van der Waals surface area contributed by atoms with Crippen LogP contribution in [0.5, 0.6) is 0 Å². The van der Waals surface area contributed by atoms with E-state index < -0.39 is 0 Å². The van der Waals surface area contributed by atoms with E-state index in [0.717, 1.165) is 17.8 Å². The number of nitrogens with zero attached hydrogens (tertiary/aromatic N) is 3. The first kappa shape index (κ1) is 15.8. The standard InChI is InChI=1S/C16H23N5O2S/c22-13-8-11(9-21(13)12-6-7-12)17-15(23)18-16-20-19-14(24-16)10-4-2-1-3-5-10/h10-12H,1-9H2,(H2,17,18,20,23)/t11-/m1/s1. The Morgan fingerprint density at radius 1 is 1.12 bits per heavy atom. The molecule has 1 atom stereocenters. The Labute approximate surface area is 145 Å². The van der Waals surface area contributed by atoms with Crippen molar-refractivity contribution in [2.24, 2.45) is 0 Å². The minimum atomic E-state index is -0.295. The lowest BCUT2D eigenvalue weighted by Crippen LogP contribution is -2.40. The van der Waals surface area contributed by atoms with E-state index in [1.54, 1.807) is 0 Å². The molecule has 2 heterocycles. The maximum Gasteiger partial charge on any atom is 0.321 e. The third-order valence-corrected chi connectivity index (χ3v) is 6.10. The molecule has 1 aliphatic heterocycles. The molecule has 0 spiro atoms. The van der Waals surface area contributed by atoms with Crippen molar-refractivity contribution in [3.63, 3.8) is 0 Å². The van der Waals surface area contributed by atoms with Crippen molar-refractivity contribution in [1.29, 1.82) is 0 Å². The van der Waals surface area contributed by atoms with E-state index in [-0.39, 0.29) is 18.0 Å². The van der Waals surface area contributed by atoms with Gasteiger partial charge in [-0.1, -0.05) is 30.6 Å². The summed E-state index contributed by atoms with van der Waals surface area (Å²) in [5, 5.41) is 15.6. The lowest BCUT2D eigenvalue weighted by molar-refractivity contribution is -0.128. The number of likely N-dealkylation sites (tertiary alicyclic amines) is 1. The minimum Gasteiger partial charge on any atom is -0.338 e. The SMILES string of the molecule is O=C(Nc1nnc(C2CCCCC2)s1)N[C@@H]1CC(=O)N(C2CC2)C1. The quantitative estimate of drug-likeness (QED) is 0.874. The highest BCUT2D eigenvalue weighted by Crippen LogP contribution is 2.35. The van der Waals surface area contributed by atoms with Crippen LogP contribution >= 0.6 is 11.3 Å². The van der Waals surface area contributed by atoms with Crippen molar-refractivity contribution >= 4 is 28.4 Å². The zero-order valence-electron chi connectivity index (χ0n) is 13.7.